The molecule has 0 fully saturated rings. The van der Waals surface area contributed by atoms with Gasteiger partial charge in [-0.3, -0.25) is 4.79 Å². The molecular weight excluding hydrogens is 271 g/mol. The zero-order valence-corrected chi connectivity index (χ0v) is 11.6. The number of hydrogen-bond acceptors (Lipinski definition) is 3. The predicted octanol–water partition coefficient (Wildman–Crippen LogP) is 3.87. The first-order valence-corrected chi connectivity index (χ1v) is 6.58. The van der Waals surface area contributed by atoms with Gasteiger partial charge in [0.25, 0.3) is 0 Å². The first kappa shape index (κ1) is 14.9. The van der Waals surface area contributed by atoms with Crippen LogP contribution >= 0.6 is 0 Å². The van der Waals surface area contributed by atoms with Gasteiger partial charge in [0.1, 0.15) is 5.83 Å². The molecule has 0 aliphatic heterocycles. The standard InChI is InChI=1S/C17H15FO3/c1-21-17(20)12-8-9-14(13(10-12)11-19)15-6-4-2-3-5-7-16(15)18/h2,4,6-11H,3,5H2,1H3. The highest BCUT2D eigenvalue weighted by atomic mass is 19.1. The molecule has 4 heteroatoms. The maximum Gasteiger partial charge on any atom is 0.337 e. The molecule has 0 aromatic heterocycles. The molecule has 0 heterocycles. The molecule has 1 aromatic rings. The Labute approximate surface area is 122 Å². The summed E-state index contributed by atoms with van der Waals surface area (Å²) in [6.45, 7) is 0. The van der Waals surface area contributed by atoms with E-state index in [-0.39, 0.29) is 17.0 Å². The molecule has 0 radical (unpaired) electrons. The van der Waals surface area contributed by atoms with Crippen LogP contribution in [0.3, 0.4) is 0 Å². The van der Waals surface area contributed by atoms with E-state index in [4.69, 9.17) is 0 Å². The summed E-state index contributed by atoms with van der Waals surface area (Å²) in [5.74, 6) is -0.902. The van der Waals surface area contributed by atoms with E-state index in [1.807, 2.05) is 6.08 Å². The Balaban J connectivity index is 2.52. The van der Waals surface area contributed by atoms with Crippen molar-refractivity contribution in [3.8, 4) is 0 Å². The van der Waals surface area contributed by atoms with Crippen molar-refractivity contribution in [3.05, 3.63) is 65.0 Å². The maximum absolute atomic E-state index is 14.2. The number of rotatable bonds is 3. The van der Waals surface area contributed by atoms with Crippen molar-refractivity contribution >= 4 is 17.8 Å². The van der Waals surface area contributed by atoms with Crippen LogP contribution in [0.1, 0.15) is 39.1 Å². The van der Waals surface area contributed by atoms with E-state index in [0.717, 1.165) is 6.42 Å². The second kappa shape index (κ2) is 6.79. The first-order chi connectivity index (χ1) is 10.2. The van der Waals surface area contributed by atoms with Gasteiger partial charge in [0.15, 0.2) is 6.29 Å². The van der Waals surface area contributed by atoms with Gasteiger partial charge >= 0.3 is 5.97 Å². The second-order valence-electron chi connectivity index (χ2n) is 4.55. The van der Waals surface area contributed by atoms with Crippen molar-refractivity contribution in [2.24, 2.45) is 0 Å². The third-order valence-electron chi connectivity index (χ3n) is 3.20. The molecule has 2 rings (SSSR count). The first-order valence-electron chi connectivity index (χ1n) is 6.58. The number of allylic oxidation sites excluding steroid dienone is 6. The number of hydrogen-bond donors (Lipinski definition) is 0. The third-order valence-corrected chi connectivity index (χ3v) is 3.20. The molecule has 0 unspecified atom stereocenters. The number of aldehydes is 1. The summed E-state index contributed by atoms with van der Waals surface area (Å²) in [7, 11) is 1.27. The lowest BCUT2D eigenvalue weighted by atomic mass is 9.95. The van der Waals surface area contributed by atoms with Gasteiger partial charge in [-0.15, -0.1) is 0 Å². The highest BCUT2D eigenvalue weighted by molar-refractivity contribution is 5.96. The molecule has 108 valence electrons. The van der Waals surface area contributed by atoms with Gasteiger partial charge in [0, 0.05) is 11.1 Å². The van der Waals surface area contributed by atoms with Crippen LogP contribution < -0.4 is 0 Å². The Morgan fingerprint density at radius 2 is 2.14 bits per heavy atom. The summed E-state index contributed by atoms with van der Waals surface area (Å²) in [4.78, 5) is 22.7. The number of benzene rings is 1. The molecule has 0 spiro atoms. The Hall–Kier alpha value is -2.49. The monoisotopic (exact) mass is 286 g/mol. The lowest BCUT2D eigenvalue weighted by molar-refractivity contribution is 0.0600. The van der Waals surface area contributed by atoms with Crippen molar-refractivity contribution < 1.29 is 18.7 Å². The van der Waals surface area contributed by atoms with Crippen molar-refractivity contribution in [2.75, 3.05) is 7.11 Å². The molecule has 0 atom stereocenters. The van der Waals surface area contributed by atoms with Gasteiger partial charge in [0.2, 0.25) is 0 Å². The van der Waals surface area contributed by atoms with Crippen LogP contribution in [0.4, 0.5) is 4.39 Å². The fourth-order valence-corrected chi connectivity index (χ4v) is 2.13. The molecule has 0 saturated heterocycles. The molecule has 0 N–H and O–H groups in total. The van der Waals surface area contributed by atoms with Crippen LogP contribution in [0.25, 0.3) is 5.57 Å². The molecule has 3 nitrogen and oxygen atoms in total. The molecule has 0 saturated carbocycles. The van der Waals surface area contributed by atoms with E-state index >= 15 is 0 Å². The number of ether oxygens (including phenoxy) is 1. The summed E-state index contributed by atoms with van der Waals surface area (Å²) in [5, 5.41) is 0. The fraction of sp³-hybridized carbons (Fsp3) is 0.176. The minimum absolute atomic E-state index is 0.252. The second-order valence-corrected chi connectivity index (χ2v) is 4.55. The molecule has 1 aliphatic rings. The summed E-state index contributed by atoms with van der Waals surface area (Å²) in [6, 6.07) is 4.49. The van der Waals surface area contributed by atoms with E-state index in [0.29, 0.717) is 23.8 Å². The van der Waals surface area contributed by atoms with Gasteiger partial charge in [-0.05, 0) is 36.6 Å². The zero-order chi connectivity index (χ0) is 15.2. The van der Waals surface area contributed by atoms with Crippen LogP contribution in [0.2, 0.25) is 0 Å². The van der Waals surface area contributed by atoms with Gasteiger partial charge in [0.05, 0.1) is 12.7 Å². The number of carbonyl (C=O) groups is 2. The van der Waals surface area contributed by atoms with Crippen LogP contribution in [-0.2, 0) is 4.74 Å². The predicted molar refractivity (Wildman–Crippen MR) is 78.7 cm³/mol. The molecule has 1 aliphatic carbocycles. The Kier molecular flexibility index (Phi) is 4.82. The van der Waals surface area contributed by atoms with Crippen LogP contribution in [0.15, 0.2) is 48.3 Å². The van der Waals surface area contributed by atoms with Crippen LogP contribution in [-0.4, -0.2) is 19.4 Å². The molecule has 1 aromatic carbocycles. The molecular formula is C17H15FO3. The number of carbonyl (C=O) groups excluding carboxylic acids is 2. The van der Waals surface area contributed by atoms with Gasteiger partial charge < -0.3 is 4.74 Å². The lowest BCUT2D eigenvalue weighted by Crippen LogP contribution is -2.04. The molecule has 0 bridgehead atoms. The number of halogens is 1. The summed E-state index contributed by atoms with van der Waals surface area (Å²) >= 11 is 0. The zero-order valence-electron chi connectivity index (χ0n) is 11.6. The van der Waals surface area contributed by atoms with Crippen molar-refractivity contribution in [1.82, 2.24) is 0 Å². The lowest BCUT2D eigenvalue weighted by Gasteiger charge is -2.10. The minimum atomic E-state index is -0.535. The van der Waals surface area contributed by atoms with Crippen LogP contribution in [0, 0.1) is 0 Å². The smallest absolute Gasteiger partial charge is 0.337 e. The van der Waals surface area contributed by atoms with E-state index in [1.54, 1.807) is 18.2 Å². The number of esters is 1. The van der Waals surface area contributed by atoms with E-state index < -0.39 is 5.97 Å². The largest absolute Gasteiger partial charge is 0.465 e. The average molecular weight is 286 g/mol. The van der Waals surface area contributed by atoms with Crippen molar-refractivity contribution in [3.63, 3.8) is 0 Å². The SMILES string of the molecule is COC(=O)c1ccc(C2=CC=CCCC=C2F)c(C=O)c1. The van der Waals surface area contributed by atoms with Gasteiger partial charge in [-0.2, -0.15) is 0 Å². The average Bonchev–Trinajstić information content (AvgIpc) is 2.50. The van der Waals surface area contributed by atoms with E-state index in [1.165, 1.54) is 25.3 Å². The highest BCUT2D eigenvalue weighted by Crippen LogP contribution is 2.29. The Morgan fingerprint density at radius 1 is 1.33 bits per heavy atom. The topological polar surface area (TPSA) is 43.4 Å². The van der Waals surface area contributed by atoms with Gasteiger partial charge in [-0.1, -0.05) is 24.3 Å². The summed E-state index contributed by atoms with van der Waals surface area (Å²) in [6.07, 6.45) is 8.83. The summed E-state index contributed by atoms with van der Waals surface area (Å²) < 4.78 is 18.8. The molecule has 21 heavy (non-hydrogen) atoms. The normalized spacial score (nSPS) is 14.6. The Bertz CT molecular complexity index is 654. The van der Waals surface area contributed by atoms with Crippen LogP contribution in [0.5, 0.6) is 0 Å². The maximum atomic E-state index is 14.2. The fourth-order valence-electron chi connectivity index (χ4n) is 2.13. The molecule has 0 amide bonds. The highest BCUT2D eigenvalue weighted by Gasteiger charge is 2.15. The van der Waals surface area contributed by atoms with E-state index in [9.17, 15) is 14.0 Å². The van der Waals surface area contributed by atoms with Crippen molar-refractivity contribution in [1.29, 1.82) is 0 Å². The summed E-state index contributed by atoms with van der Waals surface area (Å²) in [5.41, 5.74) is 1.30. The van der Waals surface area contributed by atoms with E-state index in [2.05, 4.69) is 4.74 Å². The van der Waals surface area contributed by atoms with Crippen molar-refractivity contribution in [2.45, 2.75) is 12.8 Å². The Morgan fingerprint density at radius 3 is 2.86 bits per heavy atom. The quantitative estimate of drug-likeness (QED) is 0.625. The number of methoxy groups -OCH3 is 1. The minimum Gasteiger partial charge on any atom is -0.465 e. The third kappa shape index (κ3) is 3.34. The van der Waals surface area contributed by atoms with Gasteiger partial charge in [-0.25, -0.2) is 9.18 Å².